The van der Waals surface area contributed by atoms with E-state index >= 15 is 0 Å². The molecule has 0 unspecified atom stereocenters. The predicted octanol–water partition coefficient (Wildman–Crippen LogP) is 5.16. The third kappa shape index (κ3) is 6.61. The molecular weight excluding hydrogens is 438 g/mol. The lowest BCUT2D eigenvalue weighted by atomic mass is 10.1. The van der Waals surface area contributed by atoms with Gasteiger partial charge in [0.2, 0.25) is 0 Å². The average molecular weight is 474 g/mol. The second-order valence-electron chi connectivity index (χ2n) is 9.45. The van der Waals surface area contributed by atoms with Gasteiger partial charge in [-0.2, -0.15) is 0 Å². The molecule has 6 nitrogen and oxygen atoms in total. The predicted molar refractivity (Wildman–Crippen MR) is 139 cm³/mol. The van der Waals surface area contributed by atoms with Crippen molar-refractivity contribution in [3.63, 3.8) is 0 Å². The zero-order valence-electron chi connectivity index (χ0n) is 21.2. The third-order valence-electron chi connectivity index (χ3n) is 6.24. The minimum absolute atomic E-state index is 0.157. The monoisotopic (exact) mass is 473 g/mol. The van der Waals surface area contributed by atoms with Crippen molar-refractivity contribution in [3.8, 4) is 5.75 Å². The van der Waals surface area contributed by atoms with Gasteiger partial charge in [-0.25, -0.2) is 9.78 Å². The van der Waals surface area contributed by atoms with Crippen LogP contribution in [0.5, 0.6) is 5.75 Å². The average Bonchev–Trinajstić information content (AvgIpc) is 2.84. The Hall–Kier alpha value is -3.38. The summed E-state index contributed by atoms with van der Waals surface area (Å²) < 4.78 is 11.4. The van der Waals surface area contributed by atoms with Gasteiger partial charge in [0.25, 0.3) is 0 Å². The highest BCUT2D eigenvalue weighted by Crippen LogP contribution is 2.22. The molecule has 1 fully saturated rings. The van der Waals surface area contributed by atoms with E-state index in [0.29, 0.717) is 18.0 Å². The zero-order chi connectivity index (χ0) is 24.8. The number of carbonyl (C=O) groups is 1. The lowest BCUT2D eigenvalue weighted by molar-refractivity contribution is 0.0378. The zero-order valence-corrected chi connectivity index (χ0v) is 21.2. The first-order valence-corrected chi connectivity index (χ1v) is 12.3. The van der Waals surface area contributed by atoms with Crippen molar-refractivity contribution in [2.45, 2.75) is 47.0 Å². The number of pyridine rings is 1. The summed E-state index contributed by atoms with van der Waals surface area (Å²) in [5, 5.41) is 0. The van der Waals surface area contributed by atoms with Crippen LogP contribution in [0.15, 0.2) is 60.8 Å². The van der Waals surface area contributed by atoms with Gasteiger partial charge < -0.3 is 14.4 Å². The number of aromatic nitrogens is 1. The van der Waals surface area contributed by atoms with E-state index in [1.54, 1.807) is 18.3 Å². The highest BCUT2D eigenvalue weighted by Gasteiger charge is 2.23. The molecule has 0 bridgehead atoms. The van der Waals surface area contributed by atoms with Crippen LogP contribution in [-0.4, -0.2) is 48.1 Å². The summed E-state index contributed by atoms with van der Waals surface area (Å²) in [5.41, 5.74) is 5.54. The molecule has 0 amide bonds. The molecule has 0 saturated carbocycles. The fourth-order valence-corrected chi connectivity index (χ4v) is 4.32. The number of carbonyl (C=O) groups excluding carboxylic acids is 1. The van der Waals surface area contributed by atoms with Gasteiger partial charge in [0.1, 0.15) is 23.7 Å². The standard InChI is InChI=1S/C29H35N3O3/c1-21(2)35-29(33)27-6-5-13-30-28(27)32-16-14-31(15-17-32)19-24-8-11-26(12-9-24)34-20-25-10-7-22(3)18-23(25)4/h5-13,18,21H,14-17,19-20H2,1-4H3. The molecule has 0 N–H and O–H groups in total. The highest BCUT2D eigenvalue weighted by molar-refractivity contribution is 5.94. The normalized spacial score (nSPS) is 14.3. The molecule has 0 spiro atoms. The number of piperazine rings is 1. The van der Waals surface area contributed by atoms with E-state index in [1.807, 2.05) is 13.8 Å². The molecule has 35 heavy (non-hydrogen) atoms. The van der Waals surface area contributed by atoms with Crippen molar-refractivity contribution in [3.05, 3.63) is 88.6 Å². The maximum atomic E-state index is 12.5. The van der Waals surface area contributed by atoms with E-state index in [0.717, 1.165) is 38.5 Å². The smallest absolute Gasteiger partial charge is 0.342 e. The second kappa shape index (κ2) is 11.4. The lowest BCUT2D eigenvalue weighted by Crippen LogP contribution is -2.46. The van der Waals surface area contributed by atoms with Crippen LogP contribution < -0.4 is 9.64 Å². The van der Waals surface area contributed by atoms with Crippen LogP contribution in [0.3, 0.4) is 0 Å². The Bertz CT molecular complexity index is 1140. The van der Waals surface area contributed by atoms with Crippen LogP contribution in [0.2, 0.25) is 0 Å². The summed E-state index contributed by atoms with van der Waals surface area (Å²) in [6.45, 7) is 12.8. The minimum Gasteiger partial charge on any atom is -0.489 e. The van der Waals surface area contributed by atoms with E-state index in [-0.39, 0.29) is 12.1 Å². The molecule has 0 atom stereocenters. The fraction of sp³-hybridized carbons (Fsp3) is 0.379. The third-order valence-corrected chi connectivity index (χ3v) is 6.24. The summed E-state index contributed by atoms with van der Waals surface area (Å²) in [4.78, 5) is 21.6. The molecule has 0 radical (unpaired) electrons. The molecule has 2 aromatic carbocycles. The van der Waals surface area contributed by atoms with Gasteiger partial charge in [-0.05, 0) is 68.7 Å². The van der Waals surface area contributed by atoms with Gasteiger partial charge in [-0.3, -0.25) is 4.90 Å². The van der Waals surface area contributed by atoms with E-state index in [2.05, 4.69) is 71.1 Å². The van der Waals surface area contributed by atoms with Crippen LogP contribution in [-0.2, 0) is 17.9 Å². The number of benzene rings is 2. The number of hydrogen-bond donors (Lipinski definition) is 0. The summed E-state index contributed by atoms with van der Waals surface area (Å²) in [6, 6.07) is 18.4. The number of aryl methyl sites for hydroxylation is 2. The van der Waals surface area contributed by atoms with Gasteiger partial charge >= 0.3 is 5.97 Å². The molecule has 1 aliphatic rings. The van der Waals surface area contributed by atoms with Gasteiger partial charge in [0.15, 0.2) is 0 Å². The Morgan fingerprint density at radius 2 is 1.74 bits per heavy atom. The van der Waals surface area contributed by atoms with Crippen molar-refractivity contribution in [2.24, 2.45) is 0 Å². The van der Waals surface area contributed by atoms with Crippen molar-refractivity contribution < 1.29 is 14.3 Å². The number of nitrogens with zero attached hydrogens (tertiary/aromatic N) is 3. The van der Waals surface area contributed by atoms with Crippen LogP contribution >= 0.6 is 0 Å². The van der Waals surface area contributed by atoms with Crippen molar-refractivity contribution in [2.75, 3.05) is 31.1 Å². The SMILES string of the molecule is Cc1ccc(COc2ccc(CN3CCN(c4ncccc4C(=O)OC(C)C)CC3)cc2)c(C)c1. The maximum Gasteiger partial charge on any atom is 0.342 e. The molecule has 4 rings (SSSR count). The minimum atomic E-state index is -0.314. The summed E-state index contributed by atoms with van der Waals surface area (Å²) in [5.74, 6) is 1.28. The van der Waals surface area contributed by atoms with E-state index < -0.39 is 0 Å². The first-order valence-electron chi connectivity index (χ1n) is 12.3. The summed E-state index contributed by atoms with van der Waals surface area (Å²) in [6.07, 6.45) is 1.58. The summed E-state index contributed by atoms with van der Waals surface area (Å²) in [7, 11) is 0. The molecule has 184 valence electrons. The molecule has 1 saturated heterocycles. The first kappa shape index (κ1) is 24.7. The first-order chi connectivity index (χ1) is 16.9. The molecule has 1 aromatic heterocycles. The Morgan fingerprint density at radius 3 is 2.43 bits per heavy atom. The molecule has 1 aliphatic heterocycles. The number of anilines is 1. The van der Waals surface area contributed by atoms with Gasteiger partial charge in [-0.15, -0.1) is 0 Å². The molecule has 6 heteroatoms. The number of hydrogen-bond acceptors (Lipinski definition) is 6. The van der Waals surface area contributed by atoms with E-state index in [9.17, 15) is 4.79 Å². The second-order valence-corrected chi connectivity index (χ2v) is 9.45. The molecule has 2 heterocycles. The van der Waals surface area contributed by atoms with E-state index in [4.69, 9.17) is 9.47 Å². The van der Waals surface area contributed by atoms with Crippen LogP contribution in [0, 0.1) is 13.8 Å². The molecule has 0 aliphatic carbocycles. The fourth-order valence-electron chi connectivity index (χ4n) is 4.32. The Balaban J connectivity index is 1.29. The summed E-state index contributed by atoms with van der Waals surface area (Å²) >= 11 is 0. The molecule has 3 aromatic rings. The topological polar surface area (TPSA) is 54.9 Å². The van der Waals surface area contributed by atoms with E-state index in [1.165, 1.54) is 22.3 Å². The quantitative estimate of drug-likeness (QED) is 0.421. The number of ether oxygens (including phenoxy) is 2. The Kier molecular flexibility index (Phi) is 8.03. The van der Waals surface area contributed by atoms with Gasteiger partial charge in [0, 0.05) is 38.9 Å². The van der Waals surface area contributed by atoms with Crippen molar-refractivity contribution in [1.29, 1.82) is 0 Å². The van der Waals surface area contributed by atoms with Gasteiger partial charge in [0.05, 0.1) is 6.10 Å². The van der Waals surface area contributed by atoms with Crippen LogP contribution in [0.25, 0.3) is 0 Å². The number of rotatable bonds is 8. The lowest BCUT2D eigenvalue weighted by Gasteiger charge is -2.36. The Labute approximate surface area is 208 Å². The highest BCUT2D eigenvalue weighted by atomic mass is 16.5. The van der Waals surface area contributed by atoms with Crippen molar-refractivity contribution >= 4 is 11.8 Å². The van der Waals surface area contributed by atoms with Crippen LogP contribution in [0.1, 0.15) is 46.5 Å². The van der Waals surface area contributed by atoms with Crippen LogP contribution in [0.4, 0.5) is 5.82 Å². The largest absolute Gasteiger partial charge is 0.489 e. The Morgan fingerprint density at radius 1 is 1.00 bits per heavy atom. The van der Waals surface area contributed by atoms with Crippen molar-refractivity contribution in [1.82, 2.24) is 9.88 Å². The van der Waals surface area contributed by atoms with Gasteiger partial charge in [-0.1, -0.05) is 35.9 Å². The molecular formula is C29H35N3O3. The number of esters is 1. The maximum absolute atomic E-state index is 12.5.